The molecule has 0 aromatic carbocycles. The second kappa shape index (κ2) is 5.34. The van der Waals surface area contributed by atoms with E-state index in [1.165, 1.54) is 6.92 Å². The number of pyridine rings is 1. The fourth-order valence-corrected chi connectivity index (χ4v) is 1.23. The van der Waals surface area contributed by atoms with E-state index in [1.54, 1.807) is 0 Å². The maximum absolute atomic E-state index is 12.4. The van der Waals surface area contributed by atoms with Gasteiger partial charge < -0.3 is 20.6 Å². The van der Waals surface area contributed by atoms with Crippen molar-refractivity contribution < 1.29 is 23.2 Å². The number of carbonyl (C=O) groups is 1. The summed E-state index contributed by atoms with van der Waals surface area (Å²) in [5.41, 5.74) is 3.40. The minimum absolute atomic E-state index is 0.0357. The van der Waals surface area contributed by atoms with Gasteiger partial charge in [0.15, 0.2) is 5.56 Å². The van der Waals surface area contributed by atoms with Crippen LogP contribution in [0.4, 0.5) is 20.3 Å². The molecule has 0 saturated carbocycles. The summed E-state index contributed by atoms with van der Waals surface area (Å²) in [6.07, 6.45) is -3.03. The molecule has 0 saturated heterocycles. The molecule has 1 aromatic rings. The van der Waals surface area contributed by atoms with Crippen LogP contribution in [0.5, 0.6) is 0 Å². The summed E-state index contributed by atoms with van der Waals surface area (Å²) in [6, 6.07) is 0.712. The molecule has 7 nitrogen and oxygen atoms in total. The molecule has 0 aliphatic rings. The van der Waals surface area contributed by atoms with Crippen LogP contribution in [-0.2, 0) is 4.74 Å². The summed E-state index contributed by atoms with van der Waals surface area (Å²) < 4.78 is 29.4. The van der Waals surface area contributed by atoms with E-state index in [4.69, 9.17) is 5.73 Å². The minimum atomic E-state index is -3.03. The molecule has 1 rings (SSSR count). The van der Waals surface area contributed by atoms with Crippen molar-refractivity contribution in [3.05, 3.63) is 27.4 Å². The van der Waals surface area contributed by atoms with E-state index in [2.05, 4.69) is 9.72 Å². The Hall–Kier alpha value is -2.32. The Morgan fingerprint density at radius 3 is 2.72 bits per heavy atom. The lowest BCUT2D eigenvalue weighted by Gasteiger charge is -2.06. The van der Waals surface area contributed by atoms with Crippen molar-refractivity contribution in [2.45, 2.75) is 13.3 Å². The molecule has 0 bridgehead atoms. The van der Waals surface area contributed by atoms with Crippen LogP contribution in [0, 0.1) is 10.1 Å². The van der Waals surface area contributed by atoms with Gasteiger partial charge in [-0.25, -0.2) is 13.6 Å². The van der Waals surface area contributed by atoms with Crippen LogP contribution in [0.2, 0.25) is 0 Å². The number of anilines is 1. The third-order valence-electron chi connectivity index (χ3n) is 1.93. The predicted molar refractivity (Wildman–Crippen MR) is 56.2 cm³/mol. The summed E-state index contributed by atoms with van der Waals surface area (Å²) in [4.78, 5) is 24.2. The fourth-order valence-electron chi connectivity index (χ4n) is 1.23. The molecule has 1 aromatic heterocycles. The molecular weight excluding hydrogens is 252 g/mol. The van der Waals surface area contributed by atoms with Crippen LogP contribution in [0.15, 0.2) is 6.07 Å². The number of nitro groups is 1. The van der Waals surface area contributed by atoms with E-state index in [0.717, 1.165) is 0 Å². The maximum Gasteiger partial charge on any atom is 0.380 e. The number of nitrogen functional groups attached to an aromatic ring is 1. The van der Waals surface area contributed by atoms with Gasteiger partial charge >= 0.3 is 18.2 Å². The number of halogens is 2. The van der Waals surface area contributed by atoms with Gasteiger partial charge in [-0.05, 0) is 16.8 Å². The van der Waals surface area contributed by atoms with Gasteiger partial charge in [-0.1, -0.05) is 0 Å². The first-order valence-electron chi connectivity index (χ1n) is 4.78. The van der Waals surface area contributed by atoms with Crippen molar-refractivity contribution in [1.29, 1.82) is 0 Å². The number of esters is 1. The summed E-state index contributed by atoms with van der Waals surface area (Å²) >= 11 is 0. The van der Waals surface area contributed by atoms with Crippen molar-refractivity contribution in [3.8, 4) is 0 Å². The molecule has 0 unspecified atom stereocenters. The van der Waals surface area contributed by atoms with E-state index in [0.29, 0.717) is 6.07 Å². The smallest absolute Gasteiger partial charge is 0.380 e. The molecule has 0 aliphatic heterocycles. The van der Waals surface area contributed by atoms with E-state index >= 15 is 0 Å². The Morgan fingerprint density at radius 1 is 1.67 bits per heavy atom. The Morgan fingerprint density at radius 2 is 2.28 bits per heavy atom. The Labute approximate surface area is 99.7 Å². The molecule has 0 spiro atoms. The molecular formula is C9H9F2N3O4. The Kier molecular flexibility index (Phi) is 4.08. The monoisotopic (exact) mass is 261 g/mol. The highest BCUT2D eigenvalue weighted by molar-refractivity contribution is 5.98. The van der Waals surface area contributed by atoms with Crippen LogP contribution in [-0.4, -0.2) is 22.5 Å². The van der Waals surface area contributed by atoms with Crippen molar-refractivity contribution in [2.24, 2.45) is 0 Å². The van der Waals surface area contributed by atoms with E-state index in [-0.39, 0.29) is 6.61 Å². The quantitative estimate of drug-likeness (QED) is 0.501. The van der Waals surface area contributed by atoms with Crippen LogP contribution in [0.3, 0.4) is 0 Å². The Bertz CT molecular complexity index is 493. The standard InChI is InChI=1S/C9H9F2N3O4/c1-2-18-9(15)6-4(12)3-5(7(10)11)13-8(6)14(16)17/h3,7H,2H2,1H3,(H2,12,13). The molecule has 0 amide bonds. The number of nitrogens with two attached hydrogens (primary N) is 1. The highest BCUT2D eigenvalue weighted by Crippen LogP contribution is 2.28. The summed E-state index contributed by atoms with van der Waals surface area (Å²) in [6.45, 7) is 1.45. The zero-order valence-corrected chi connectivity index (χ0v) is 9.22. The first kappa shape index (κ1) is 13.7. The summed E-state index contributed by atoms with van der Waals surface area (Å²) in [5, 5.41) is 10.7. The van der Waals surface area contributed by atoms with Gasteiger partial charge in [0.1, 0.15) is 0 Å². The number of ether oxygens (including phenoxy) is 1. The molecule has 98 valence electrons. The van der Waals surface area contributed by atoms with Gasteiger partial charge in [0, 0.05) is 6.07 Å². The maximum atomic E-state index is 12.4. The van der Waals surface area contributed by atoms with Crippen LogP contribution >= 0.6 is 0 Å². The lowest BCUT2D eigenvalue weighted by molar-refractivity contribution is -0.390. The number of rotatable bonds is 4. The number of alkyl halides is 2. The molecule has 0 aliphatic carbocycles. The molecule has 18 heavy (non-hydrogen) atoms. The van der Waals surface area contributed by atoms with E-state index in [9.17, 15) is 23.7 Å². The number of nitrogens with zero attached hydrogens (tertiary/aromatic N) is 2. The van der Waals surface area contributed by atoms with E-state index < -0.39 is 40.1 Å². The molecule has 0 fully saturated rings. The molecule has 2 N–H and O–H groups in total. The largest absolute Gasteiger partial charge is 0.462 e. The van der Waals surface area contributed by atoms with Crippen molar-refractivity contribution in [1.82, 2.24) is 4.98 Å². The van der Waals surface area contributed by atoms with Crippen molar-refractivity contribution in [2.75, 3.05) is 12.3 Å². The molecule has 9 heteroatoms. The minimum Gasteiger partial charge on any atom is -0.462 e. The molecule has 1 heterocycles. The SMILES string of the molecule is CCOC(=O)c1c(N)cc(C(F)F)nc1[N+](=O)[O-]. The van der Waals surface area contributed by atoms with Crippen LogP contribution in [0.1, 0.15) is 29.4 Å². The summed E-state index contributed by atoms with van der Waals surface area (Å²) in [5.74, 6) is -2.11. The van der Waals surface area contributed by atoms with Crippen molar-refractivity contribution >= 4 is 17.5 Å². The molecule has 0 radical (unpaired) electrons. The van der Waals surface area contributed by atoms with Gasteiger partial charge in [0.2, 0.25) is 5.69 Å². The highest BCUT2D eigenvalue weighted by atomic mass is 19.3. The zero-order valence-electron chi connectivity index (χ0n) is 9.22. The number of carbonyl (C=O) groups excluding carboxylic acids is 1. The van der Waals surface area contributed by atoms with Crippen LogP contribution < -0.4 is 5.73 Å². The Balaban J connectivity index is 3.41. The summed E-state index contributed by atoms with van der Waals surface area (Å²) in [7, 11) is 0. The van der Waals surface area contributed by atoms with Gasteiger partial charge in [0.25, 0.3) is 0 Å². The normalized spacial score (nSPS) is 10.4. The van der Waals surface area contributed by atoms with Gasteiger partial charge in [0.05, 0.1) is 12.3 Å². The van der Waals surface area contributed by atoms with Crippen molar-refractivity contribution in [3.63, 3.8) is 0 Å². The zero-order chi connectivity index (χ0) is 13.9. The van der Waals surface area contributed by atoms with Gasteiger partial charge in [-0.2, -0.15) is 0 Å². The average Bonchev–Trinajstić information content (AvgIpc) is 2.27. The third kappa shape index (κ3) is 2.67. The first-order chi connectivity index (χ1) is 8.38. The number of aromatic nitrogens is 1. The number of hydrogen-bond acceptors (Lipinski definition) is 6. The number of hydrogen-bond donors (Lipinski definition) is 1. The lowest BCUT2D eigenvalue weighted by atomic mass is 10.2. The van der Waals surface area contributed by atoms with E-state index in [1.807, 2.05) is 0 Å². The van der Waals surface area contributed by atoms with Gasteiger partial charge in [-0.15, -0.1) is 0 Å². The molecule has 0 atom stereocenters. The van der Waals surface area contributed by atoms with Crippen LogP contribution in [0.25, 0.3) is 0 Å². The highest BCUT2D eigenvalue weighted by Gasteiger charge is 2.30. The lowest BCUT2D eigenvalue weighted by Crippen LogP contribution is -2.13. The topological polar surface area (TPSA) is 108 Å². The van der Waals surface area contributed by atoms with Gasteiger partial charge in [-0.3, -0.25) is 0 Å². The fraction of sp³-hybridized carbons (Fsp3) is 0.333. The average molecular weight is 261 g/mol. The second-order valence-corrected chi connectivity index (χ2v) is 3.11. The first-order valence-corrected chi connectivity index (χ1v) is 4.78. The third-order valence-corrected chi connectivity index (χ3v) is 1.93. The second-order valence-electron chi connectivity index (χ2n) is 3.11. The predicted octanol–water partition coefficient (Wildman–Crippen LogP) is 1.69.